The Bertz CT molecular complexity index is 1040. The monoisotopic (exact) mass is 449 g/mol. The van der Waals surface area contributed by atoms with Crippen molar-refractivity contribution in [1.82, 2.24) is 5.32 Å². The number of hydrogen-bond donors (Lipinski definition) is 2. The third kappa shape index (κ3) is 4.36. The number of amides is 2. The number of carbonyl (C=O) groups is 2. The molecule has 1 aromatic carbocycles. The van der Waals surface area contributed by atoms with Crippen LogP contribution in [0.1, 0.15) is 0 Å². The summed E-state index contributed by atoms with van der Waals surface area (Å²) in [6, 6.07) is 7.26. The van der Waals surface area contributed by atoms with Crippen molar-refractivity contribution in [2.24, 2.45) is 0 Å². The zero-order valence-electron chi connectivity index (χ0n) is 16.8. The third-order valence-electron chi connectivity index (χ3n) is 5.29. The molecule has 2 aliphatic rings. The van der Waals surface area contributed by atoms with E-state index in [1.165, 1.54) is 23.1 Å². The van der Waals surface area contributed by atoms with Crippen molar-refractivity contribution in [2.45, 2.75) is 6.10 Å². The van der Waals surface area contributed by atoms with Gasteiger partial charge in [0.15, 0.2) is 0 Å². The zero-order chi connectivity index (χ0) is 22.8. The lowest BCUT2D eigenvalue weighted by molar-refractivity contribution is -0.401. The number of piperazine rings is 1. The average Bonchev–Trinajstić information content (AvgIpc) is 3.39. The number of anilines is 3. The minimum atomic E-state index is -1.22. The van der Waals surface area contributed by atoms with E-state index in [0.29, 0.717) is 43.4 Å². The van der Waals surface area contributed by atoms with E-state index in [0.717, 1.165) is 0 Å². The van der Waals surface area contributed by atoms with Crippen LogP contribution < -0.4 is 20.0 Å². The molecule has 1 aromatic heterocycles. The van der Waals surface area contributed by atoms with Crippen molar-refractivity contribution in [1.29, 1.82) is 0 Å². The van der Waals surface area contributed by atoms with Crippen LogP contribution in [0.3, 0.4) is 0 Å². The molecule has 1 atom stereocenters. The number of benzene rings is 1. The van der Waals surface area contributed by atoms with Crippen LogP contribution in [0.25, 0.3) is 0 Å². The fraction of sp³-hybridized carbons (Fsp3) is 0.368. The van der Waals surface area contributed by atoms with Crippen LogP contribution in [0.5, 0.6) is 0 Å². The van der Waals surface area contributed by atoms with E-state index in [-0.39, 0.29) is 19.0 Å². The largest absolute Gasteiger partial charge is 0.465 e. The topological polar surface area (TPSA) is 142 Å². The van der Waals surface area contributed by atoms with Gasteiger partial charge in [0.1, 0.15) is 16.8 Å². The molecule has 0 spiro atoms. The van der Waals surface area contributed by atoms with Gasteiger partial charge < -0.3 is 29.4 Å². The van der Waals surface area contributed by atoms with E-state index >= 15 is 0 Å². The van der Waals surface area contributed by atoms with Crippen LogP contribution in [0.2, 0.25) is 0 Å². The fourth-order valence-corrected chi connectivity index (χ4v) is 3.71. The highest BCUT2D eigenvalue weighted by molar-refractivity contribution is 5.90. The number of halogens is 1. The summed E-state index contributed by atoms with van der Waals surface area (Å²) in [5.74, 6) is -0.443. The van der Waals surface area contributed by atoms with Crippen LogP contribution in [0, 0.1) is 15.9 Å². The maximum atomic E-state index is 14.9. The number of rotatable bonds is 6. The molecule has 0 saturated carbocycles. The van der Waals surface area contributed by atoms with Crippen molar-refractivity contribution >= 4 is 35.3 Å². The highest BCUT2D eigenvalue weighted by Crippen LogP contribution is 2.30. The summed E-state index contributed by atoms with van der Waals surface area (Å²) < 4.78 is 25.2. The minimum absolute atomic E-state index is 0.0543. The van der Waals surface area contributed by atoms with Crippen molar-refractivity contribution in [2.75, 3.05) is 54.0 Å². The summed E-state index contributed by atoms with van der Waals surface area (Å²) in [6.07, 6.45) is -2.55. The first-order valence-electron chi connectivity index (χ1n) is 9.80. The number of nitrogens with one attached hydrogen (secondary N) is 1. The van der Waals surface area contributed by atoms with E-state index in [4.69, 9.17) is 14.3 Å². The van der Waals surface area contributed by atoms with Gasteiger partial charge in [0, 0.05) is 32.2 Å². The molecule has 2 saturated heterocycles. The Morgan fingerprint density at radius 3 is 2.56 bits per heavy atom. The molecule has 2 N–H and O–H groups in total. The molecule has 0 unspecified atom stereocenters. The molecule has 0 aliphatic carbocycles. The van der Waals surface area contributed by atoms with Gasteiger partial charge in [-0.05, 0) is 18.2 Å². The second-order valence-electron chi connectivity index (χ2n) is 7.28. The van der Waals surface area contributed by atoms with Gasteiger partial charge >= 0.3 is 18.1 Å². The van der Waals surface area contributed by atoms with E-state index in [9.17, 15) is 24.1 Å². The number of hydrogen-bond acceptors (Lipinski definition) is 8. The number of nitro groups is 1. The number of furan rings is 1. The molecule has 32 heavy (non-hydrogen) atoms. The number of cyclic esters (lactones) is 1. The van der Waals surface area contributed by atoms with Gasteiger partial charge in [0.25, 0.3) is 0 Å². The predicted octanol–water partition coefficient (Wildman–Crippen LogP) is 2.25. The number of carboxylic acid groups (broad SMARTS) is 1. The summed E-state index contributed by atoms with van der Waals surface area (Å²) in [5, 5.41) is 21.6. The Morgan fingerprint density at radius 1 is 1.22 bits per heavy atom. The Hall–Kier alpha value is -4.03. The van der Waals surface area contributed by atoms with Gasteiger partial charge in [-0.1, -0.05) is 0 Å². The lowest BCUT2D eigenvalue weighted by Crippen LogP contribution is -2.46. The third-order valence-corrected chi connectivity index (χ3v) is 5.29. The number of ether oxygens (including phenoxy) is 1. The molecule has 13 heteroatoms. The van der Waals surface area contributed by atoms with E-state index < -0.39 is 29.0 Å². The van der Waals surface area contributed by atoms with Crippen LogP contribution in [-0.2, 0) is 4.74 Å². The second kappa shape index (κ2) is 8.61. The molecule has 2 amide bonds. The zero-order valence-corrected chi connectivity index (χ0v) is 16.8. The van der Waals surface area contributed by atoms with Crippen molar-refractivity contribution in [3.05, 3.63) is 46.3 Å². The standard InChI is InChI=1S/C19H20FN5O7/c20-14-9-12(24-11-13(31-19(24)28)10-21-18(26)27)1-2-15(14)22-5-7-23(8-6-22)16-3-4-17(32-16)25(29)30/h1-4,9,13,21H,5-8,10-11H2,(H,26,27)/t13-/m0/s1. The summed E-state index contributed by atoms with van der Waals surface area (Å²) in [4.78, 5) is 37.8. The van der Waals surface area contributed by atoms with E-state index in [1.807, 2.05) is 9.80 Å². The van der Waals surface area contributed by atoms with Crippen molar-refractivity contribution in [3.8, 4) is 0 Å². The van der Waals surface area contributed by atoms with Crippen LogP contribution in [-0.4, -0.2) is 67.6 Å². The molecule has 12 nitrogen and oxygen atoms in total. The normalized spacial score (nSPS) is 18.6. The Morgan fingerprint density at radius 2 is 1.94 bits per heavy atom. The quantitative estimate of drug-likeness (QED) is 0.501. The first-order chi connectivity index (χ1) is 15.3. The summed E-state index contributed by atoms with van der Waals surface area (Å²) in [5.41, 5.74) is 0.686. The molecule has 2 aromatic rings. The lowest BCUT2D eigenvalue weighted by atomic mass is 10.2. The van der Waals surface area contributed by atoms with Gasteiger partial charge in [-0.15, -0.1) is 0 Å². The molecule has 0 bridgehead atoms. The molecule has 3 heterocycles. The molecule has 0 radical (unpaired) electrons. The summed E-state index contributed by atoms with van der Waals surface area (Å²) >= 11 is 0. The Kier molecular flexibility index (Phi) is 5.71. The first kappa shape index (κ1) is 21.2. The fourth-order valence-electron chi connectivity index (χ4n) is 3.71. The highest BCUT2D eigenvalue weighted by Gasteiger charge is 2.33. The molecular formula is C19H20FN5O7. The Labute approximate surface area is 180 Å². The number of nitrogens with zero attached hydrogens (tertiary/aromatic N) is 4. The average molecular weight is 449 g/mol. The van der Waals surface area contributed by atoms with Gasteiger partial charge in [-0.25, -0.2) is 14.0 Å². The van der Waals surface area contributed by atoms with Gasteiger partial charge in [0.05, 0.1) is 30.5 Å². The highest BCUT2D eigenvalue weighted by atomic mass is 19.1. The first-order valence-corrected chi connectivity index (χ1v) is 9.80. The smallest absolute Gasteiger partial charge is 0.434 e. The maximum Gasteiger partial charge on any atom is 0.434 e. The summed E-state index contributed by atoms with van der Waals surface area (Å²) in [7, 11) is 0. The van der Waals surface area contributed by atoms with E-state index in [1.54, 1.807) is 12.1 Å². The van der Waals surface area contributed by atoms with Crippen LogP contribution in [0.4, 0.5) is 37.1 Å². The van der Waals surface area contributed by atoms with Crippen molar-refractivity contribution < 1.29 is 33.2 Å². The molecule has 2 fully saturated rings. The Balaban J connectivity index is 1.38. The summed E-state index contributed by atoms with van der Waals surface area (Å²) in [6.45, 7) is 1.97. The van der Waals surface area contributed by atoms with Crippen molar-refractivity contribution in [3.63, 3.8) is 0 Å². The SMILES string of the molecule is O=C(O)NC[C@H]1CN(c2ccc(N3CCN(c4ccc([N+](=O)[O-])o4)CC3)c(F)c2)C(=O)O1. The molecule has 2 aliphatic heterocycles. The minimum Gasteiger partial charge on any atom is -0.465 e. The predicted molar refractivity (Wildman–Crippen MR) is 110 cm³/mol. The molecule has 170 valence electrons. The number of carbonyl (C=O) groups excluding carboxylic acids is 1. The van der Waals surface area contributed by atoms with Crippen LogP contribution in [0.15, 0.2) is 34.7 Å². The van der Waals surface area contributed by atoms with Gasteiger partial charge in [0.2, 0.25) is 5.88 Å². The maximum absolute atomic E-state index is 14.9. The van der Waals surface area contributed by atoms with Crippen LogP contribution >= 0.6 is 0 Å². The molecule has 4 rings (SSSR count). The van der Waals surface area contributed by atoms with E-state index in [2.05, 4.69) is 5.32 Å². The second-order valence-corrected chi connectivity index (χ2v) is 7.28. The van der Waals surface area contributed by atoms with Gasteiger partial charge in [-0.3, -0.25) is 15.0 Å². The lowest BCUT2D eigenvalue weighted by Gasteiger charge is -2.36. The molecular weight excluding hydrogens is 429 g/mol. The van der Waals surface area contributed by atoms with Gasteiger partial charge in [-0.2, -0.15) is 0 Å².